The maximum absolute atomic E-state index is 5.52. The van der Waals surface area contributed by atoms with E-state index in [1.807, 2.05) is 0 Å². The molecule has 0 radical (unpaired) electrons. The number of likely N-dealkylation sites (tertiary alicyclic amines) is 1. The van der Waals surface area contributed by atoms with Gasteiger partial charge >= 0.3 is 0 Å². The monoisotopic (exact) mass is 227 g/mol. The SMILES string of the molecule is CN1CCCC(N(C)c2nc(N)ns2)C1. The Morgan fingerprint density at radius 3 is 3.00 bits per heavy atom. The summed E-state index contributed by atoms with van der Waals surface area (Å²) in [5, 5.41) is 0.924. The van der Waals surface area contributed by atoms with Gasteiger partial charge in [-0.2, -0.15) is 9.36 Å². The van der Waals surface area contributed by atoms with E-state index in [4.69, 9.17) is 5.73 Å². The molecule has 0 saturated carbocycles. The normalized spacial score (nSPS) is 22.9. The first-order valence-electron chi connectivity index (χ1n) is 5.17. The third kappa shape index (κ3) is 2.38. The van der Waals surface area contributed by atoms with Crippen molar-refractivity contribution in [2.24, 2.45) is 0 Å². The number of likely N-dealkylation sites (N-methyl/N-ethyl adjacent to an activating group) is 2. The molecule has 1 atom stereocenters. The number of aromatic nitrogens is 2. The number of nitrogens with zero attached hydrogens (tertiary/aromatic N) is 4. The third-order valence-electron chi connectivity index (χ3n) is 2.88. The Kier molecular flexibility index (Phi) is 3.06. The first-order chi connectivity index (χ1) is 7.16. The van der Waals surface area contributed by atoms with Crippen LogP contribution in [0.4, 0.5) is 11.1 Å². The fraction of sp³-hybridized carbons (Fsp3) is 0.778. The summed E-state index contributed by atoms with van der Waals surface area (Å²) in [6.45, 7) is 2.29. The van der Waals surface area contributed by atoms with Gasteiger partial charge in [0.2, 0.25) is 11.1 Å². The highest BCUT2D eigenvalue weighted by molar-refractivity contribution is 7.09. The molecule has 84 valence electrons. The molecule has 2 rings (SSSR count). The maximum Gasteiger partial charge on any atom is 0.233 e. The van der Waals surface area contributed by atoms with Gasteiger partial charge in [-0.1, -0.05) is 0 Å². The average molecular weight is 227 g/mol. The highest BCUT2D eigenvalue weighted by atomic mass is 32.1. The van der Waals surface area contributed by atoms with Crippen molar-refractivity contribution in [3.8, 4) is 0 Å². The first kappa shape index (κ1) is 10.6. The van der Waals surface area contributed by atoms with E-state index in [9.17, 15) is 0 Å². The minimum Gasteiger partial charge on any atom is -0.367 e. The Morgan fingerprint density at radius 2 is 2.40 bits per heavy atom. The van der Waals surface area contributed by atoms with Gasteiger partial charge in [-0.25, -0.2) is 0 Å². The Labute approximate surface area is 94.1 Å². The van der Waals surface area contributed by atoms with Crippen LogP contribution in [-0.4, -0.2) is 47.5 Å². The van der Waals surface area contributed by atoms with Gasteiger partial charge in [0.15, 0.2) is 0 Å². The largest absolute Gasteiger partial charge is 0.367 e. The van der Waals surface area contributed by atoms with Crippen LogP contribution in [0.1, 0.15) is 12.8 Å². The van der Waals surface area contributed by atoms with Gasteiger partial charge in [-0.15, -0.1) is 0 Å². The Morgan fingerprint density at radius 1 is 1.60 bits per heavy atom. The molecular weight excluding hydrogens is 210 g/mol. The molecule has 6 heteroatoms. The highest BCUT2D eigenvalue weighted by Crippen LogP contribution is 2.22. The van der Waals surface area contributed by atoms with Crippen LogP contribution in [0.25, 0.3) is 0 Å². The fourth-order valence-electron chi connectivity index (χ4n) is 1.98. The smallest absolute Gasteiger partial charge is 0.233 e. The van der Waals surface area contributed by atoms with E-state index in [1.54, 1.807) is 0 Å². The number of nitrogens with two attached hydrogens (primary N) is 1. The second-order valence-corrected chi connectivity index (χ2v) is 4.83. The standard InChI is InChI=1S/C9H17N5S/c1-13-5-3-4-7(6-13)14(2)9-11-8(10)12-15-9/h7H,3-6H2,1-2H3,(H2,10,12). The van der Waals surface area contributed by atoms with E-state index in [0.717, 1.165) is 11.7 Å². The predicted molar refractivity (Wildman–Crippen MR) is 63.2 cm³/mol. The van der Waals surface area contributed by atoms with Crippen molar-refractivity contribution in [2.75, 3.05) is 37.8 Å². The van der Waals surface area contributed by atoms with Gasteiger partial charge in [0.05, 0.1) is 0 Å². The Hall–Kier alpha value is -0.880. The molecular formula is C9H17N5S. The Bertz CT molecular complexity index is 326. The van der Waals surface area contributed by atoms with Gasteiger partial charge in [0.1, 0.15) is 0 Å². The van der Waals surface area contributed by atoms with Crippen molar-refractivity contribution in [1.29, 1.82) is 0 Å². The van der Waals surface area contributed by atoms with Crippen LogP contribution in [0.5, 0.6) is 0 Å². The fourth-order valence-corrected chi connectivity index (χ4v) is 2.61. The minimum absolute atomic E-state index is 0.381. The number of hydrogen-bond acceptors (Lipinski definition) is 6. The van der Waals surface area contributed by atoms with E-state index in [2.05, 4.69) is 33.3 Å². The second-order valence-electron chi connectivity index (χ2n) is 4.10. The molecule has 1 saturated heterocycles. The quantitative estimate of drug-likeness (QED) is 0.804. The summed E-state index contributed by atoms with van der Waals surface area (Å²) in [6.07, 6.45) is 2.47. The van der Waals surface area contributed by atoms with Crippen LogP contribution in [-0.2, 0) is 0 Å². The molecule has 0 amide bonds. The molecule has 0 bridgehead atoms. The number of rotatable bonds is 2. The Balaban J connectivity index is 2.03. The summed E-state index contributed by atoms with van der Waals surface area (Å²) in [4.78, 5) is 8.76. The van der Waals surface area contributed by atoms with E-state index in [1.165, 1.54) is 30.9 Å². The molecule has 1 unspecified atom stereocenters. The lowest BCUT2D eigenvalue weighted by Crippen LogP contribution is -2.45. The topological polar surface area (TPSA) is 58.3 Å². The van der Waals surface area contributed by atoms with Crippen molar-refractivity contribution < 1.29 is 0 Å². The first-order valence-corrected chi connectivity index (χ1v) is 5.94. The number of anilines is 2. The molecule has 1 aliphatic heterocycles. The maximum atomic E-state index is 5.52. The number of hydrogen-bond donors (Lipinski definition) is 1. The molecule has 1 aliphatic rings. The molecule has 0 aliphatic carbocycles. The predicted octanol–water partition coefficient (Wildman–Crippen LogP) is 0.651. The van der Waals surface area contributed by atoms with Crippen LogP contribution in [0, 0.1) is 0 Å². The summed E-state index contributed by atoms with van der Waals surface area (Å²) in [5.74, 6) is 0.381. The lowest BCUT2D eigenvalue weighted by Gasteiger charge is -2.35. The molecule has 0 spiro atoms. The van der Waals surface area contributed by atoms with Gasteiger partial charge in [-0.05, 0) is 26.4 Å². The molecule has 0 aromatic carbocycles. The molecule has 1 fully saturated rings. The molecule has 2 N–H and O–H groups in total. The molecule has 15 heavy (non-hydrogen) atoms. The zero-order valence-electron chi connectivity index (χ0n) is 9.18. The molecule has 1 aromatic rings. The molecule has 2 heterocycles. The van der Waals surface area contributed by atoms with Gasteiger partial charge in [0.25, 0.3) is 0 Å². The van der Waals surface area contributed by atoms with Crippen molar-refractivity contribution >= 4 is 22.6 Å². The summed E-state index contributed by atoms with van der Waals surface area (Å²) in [6, 6.07) is 0.538. The van der Waals surface area contributed by atoms with Crippen LogP contribution < -0.4 is 10.6 Å². The zero-order valence-corrected chi connectivity index (χ0v) is 10.00. The summed E-state index contributed by atoms with van der Waals surface area (Å²) < 4.78 is 4.00. The van der Waals surface area contributed by atoms with Gasteiger partial charge in [0, 0.05) is 31.2 Å². The van der Waals surface area contributed by atoms with E-state index < -0.39 is 0 Å². The van der Waals surface area contributed by atoms with E-state index in [0.29, 0.717) is 12.0 Å². The third-order valence-corrected chi connectivity index (χ3v) is 3.70. The lowest BCUT2D eigenvalue weighted by molar-refractivity contribution is 0.248. The van der Waals surface area contributed by atoms with Crippen LogP contribution >= 0.6 is 11.5 Å². The van der Waals surface area contributed by atoms with Crippen LogP contribution in [0.2, 0.25) is 0 Å². The summed E-state index contributed by atoms with van der Waals surface area (Å²) >= 11 is 1.37. The molecule has 1 aromatic heterocycles. The second kappa shape index (κ2) is 4.32. The zero-order chi connectivity index (χ0) is 10.8. The average Bonchev–Trinajstić information content (AvgIpc) is 2.64. The van der Waals surface area contributed by atoms with Crippen molar-refractivity contribution in [3.63, 3.8) is 0 Å². The number of nitrogen functional groups attached to an aromatic ring is 1. The van der Waals surface area contributed by atoms with E-state index >= 15 is 0 Å². The van der Waals surface area contributed by atoms with Crippen LogP contribution in [0.15, 0.2) is 0 Å². The summed E-state index contributed by atoms with van der Waals surface area (Å²) in [5.41, 5.74) is 5.52. The van der Waals surface area contributed by atoms with Crippen LogP contribution in [0.3, 0.4) is 0 Å². The van der Waals surface area contributed by atoms with Gasteiger partial charge < -0.3 is 15.5 Å². The van der Waals surface area contributed by atoms with E-state index in [-0.39, 0.29) is 0 Å². The van der Waals surface area contributed by atoms with Crippen molar-refractivity contribution in [1.82, 2.24) is 14.3 Å². The number of piperidine rings is 1. The molecule has 5 nitrogen and oxygen atoms in total. The minimum atomic E-state index is 0.381. The van der Waals surface area contributed by atoms with Gasteiger partial charge in [-0.3, -0.25) is 0 Å². The van der Waals surface area contributed by atoms with Crippen molar-refractivity contribution in [3.05, 3.63) is 0 Å². The highest BCUT2D eigenvalue weighted by Gasteiger charge is 2.23. The summed E-state index contributed by atoms with van der Waals surface area (Å²) in [7, 11) is 4.23. The lowest BCUT2D eigenvalue weighted by atomic mass is 10.1. The van der Waals surface area contributed by atoms with Crippen molar-refractivity contribution in [2.45, 2.75) is 18.9 Å².